The predicted molar refractivity (Wildman–Crippen MR) is 41.5 cm³/mol. The first-order chi connectivity index (χ1) is 5.71. The van der Waals surface area contributed by atoms with Crippen LogP contribution in [0.1, 0.15) is 32.1 Å². The third-order valence-corrected chi connectivity index (χ3v) is 2.29. The minimum absolute atomic E-state index is 0.552. The summed E-state index contributed by atoms with van der Waals surface area (Å²) in [4.78, 5) is 20.2. The number of aliphatic carboxylic acids is 1. The van der Waals surface area contributed by atoms with Crippen LogP contribution in [0, 0.1) is 0 Å². The summed E-state index contributed by atoms with van der Waals surface area (Å²) in [5.74, 6) is -0.913. The van der Waals surface area contributed by atoms with Gasteiger partial charge < -0.3 is 5.11 Å². The molecule has 0 aromatic heterocycles. The monoisotopic (exact) mass is 174 g/mol. The maximum absolute atomic E-state index is 10.9. The first kappa shape index (κ1) is 9.48. The third-order valence-electron chi connectivity index (χ3n) is 2.29. The van der Waals surface area contributed by atoms with E-state index in [9.17, 15) is 4.79 Å². The molecule has 4 heteroatoms. The molecule has 0 aliphatic heterocycles. The molecule has 1 rings (SSSR count). The van der Waals surface area contributed by atoms with Crippen molar-refractivity contribution in [1.82, 2.24) is 0 Å². The number of rotatable bonds is 3. The van der Waals surface area contributed by atoms with Gasteiger partial charge in [0.2, 0.25) is 0 Å². The van der Waals surface area contributed by atoms with Crippen molar-refractivity contribution >= 4 is 5.97 Å². The van der Waals surface area contributed by atoms with Crippen molar-refractivity contribution in [3.8, 4) is 0 Å². The van der Waals surface area contributed by atoms with E-state index in [-0.39, 0.29) is 0 Å². The Balaban J connectivity index is 2.63. The molecule has 0 radical (unpaired) electrons. The highest BCUT2D eigenvalue weighted by Gasteiger charge is 2.42. The van der Waals surface area contributed by atoms with Gasteiger partial charge in [0, 0.05) is 0 Å². The van der Waals surface area contributed by atoms with Crippen LogP contribution in [0.2, 0.25) is 0 Å². The normalized spacial score (nSPS) is 22.1. The Hall–Kier alpha value is -0.610. The summed E-state index contributed by atoms with van der Waals surface area (Å²) in [7, 11) is 1.35. The minimum atomic E-state index is -1.08. The number of carbonyl (C=O) groups is 1. The second kappa shape index (κ2) is 3.87. The van der Waals surface area contributed by atoms with Crippen LogP contribution >= 0.6 is 0 Å². The predicted octanol–water partition coefficient (Wildman–Crippen LogP) is 1.35. The Labute approximate surface area is 71.4 Å². The summed E-state index contributed by atoms with van der Waals surface area (Å²) in [6, 6.07) is 0. The van der Waals surface area contributed by atoms with Crippen LogP contribution in [0.4, 0.5) is 0 Å². The van der Waals surface area contributed by atoms with E-state index in [0.717, 1.165) is 19.3 Å². The number of carboxylic acids is 1. The van der Waals surface area contributed by atoms with Gasteiger partial charge in [-0.1, -0.05) is 6.42 Å². The molecule has 0 unspecified atom stereocenters. The highest BCUT2D eigenvalue weighted by Crippen LogP contribution is 2.31. The van der Waals surface area contributed by atoms with Gasteiger partial charge in [-0.25, -0.2) is 14.6 Å². The smallest absolute Gasteiger partial charge is 0.339 e. The van der Waals surface area contributed by atoms with E-state index in [4.69, 9.17) is 9.99 Å². The van der Waals surface area contributed by atoms with E-state index in [1.807, 2.05) is 0 Å². The number of carboxylic acid groups (broad SMARTS) is 1. The molecule has 0 aromatic rings. The Morgan fingerprint density at radius 1 is 1.33 bits per heavy atom. The molecule has 0 heterocycles. The lowest BCUT2D eigenvalue weighted by atomic mass is 9.85. The van der Waals surface area contributed by atoms with Crippen LogP contribution in [-0.4, -0.2) is 23.8 Å². The molecule has 70 valence electrons. The van der Waals surface area contributed by atoms with E-state index >= 15 is 0 Å². The lowest BCUT2D eigenvalue weighted by molar-refractivity contribution is -0.343. The molecule has 0 aromatic carbocycles. The third kappa shape index (κ3) is 1.76. The van der Waals surface area contributed by atoms with Crippen LogP contribution in [-0.2, 0) is 14.6 Å². The molecule has 4 nitrogen and oxygen atoms in total. The van der Waals surface area contributed by atoms with Crippen LogP contribution < -0.4 is 0 Å². The summed E-state index contributed by atoms with van der Waals surface area (Å²) in [5, 5.41) is 8.91. The maximum Gasteiger partial charge on any atom is 0.339 e. The van der Waals surface area contributed by atoms with Crippen molar-refractivity contribution in [2.75, 3.05) is 7.11 Å². The van der Waals surface area contributed by atoms with Gasteiger partial charge in [-0.3, -0.25) is 0 Å². The molecule has 0 bridgehead atoms. The quantitative estimate of drug-likeness (QED) is 0.518. The fourth-order valence-electron chi connectivity index (χ4n) is 1.62. The summed E-state index contributed by atoms with van der Waals surface area (Å²) < 4.78 is 0. The maximum atomic E-state index is 10.9. The molecule has 1 saturated carbocycles. The second-order valence-electron chi connectivity index (χ2n) is 3.11. The highest BCUT2D eigenvalue weighted by molar-refractivity contribution is 5.77. The summed E-state index contributed by atoms with van der Waals surface area (Å²) in [6.07, 6.45) is 3.99. The standard InChI is InChI=1S/C8H14O4/c1-11-12-8(7(9)10)5-3-2-4-6-8/h2-6H2,1H3,(H,9,10). The van der Waals surface area contributed by atoms with Crippen LogP contribution in [0.15, 0.2) is 0 Å². The van der Waals surface area contributed by atoms with Crippen LogP contribution in [0.3, 0.4) is 0 Å². The zero-order valence-corrected chi connectivity index (χ0v) is 7.21. The fraction of sp³-hybridized carbons (Fsp3) is 0.875. The van der Waals surface area contributed by atoms with Gasteiger partial charge in [-0.2, -0.15) is 0 Å². The Morgan fingerprint density at radius 2 is 1.92 bits per heavy atom. The summed E-state index contributed by atoms with van der Waals surface area (Å²) in [5.41, 5.74) is -1.08. The first-order valence-electron chi connectivity index (χ1n) is 4.16. The fourth-order valence-corrected chi connectivity index (χ4v) is 1.62. The number of hydrogen-bond donors (Lipinski definition) is 1. The largest absolute Gasteiger partial charge is 0.479 e. The molecule has 1 aliphatic carbocycles. The van der Waals surface area contributed by atoms with Gasteiger partial charge in [-0.05, 0) is 25.7 Å². The van der Waals surface area contributed by atoms with E-state index in [2.05, 4.69) is 4.89 Å². The molecular weight excluding hydrogens is 160 g/mol. The van der Waals surface area contributed by atoms with Gasteiger partial charge in [0.25, 0.3) is 0 Å². The van der Waals surface area contributed by atoms with Crippen LogP contribution in [0.25, 0.3) is 0 Å². The Morgan fingerprint density at radius 3 is 2.33 bits per heavy atom. The highest BCUT2D eigenvalue weighted by atomic mass is 17.2. The summed E-state index contributed by atoms with van der Waals surface area (Å²) >= 11 is 0. The lowest BCUT2D eigenvalue weighted by Gasteiger charge is -2.30. The zero-order valence-electron chi connectivity index (χ0n) is 7.21. The van der Waals surface area contributed by atoms with Crippen molar-refractivity contribution in [1.29, 1.82) is 0 Å². The average Bonchev–Trinajstić information content (AvgIpc) is 2.06. The molecule has 12 heavy (non-hydrogen) atoms. The zero-order chi connectivity index (χ0) is 9.03. The van der Waals surface area contributed by atoms with Gasteiger partial charge in [-0.15, -0.1) is 0 Å². The SMILES string of the molecule is COOC1(C(=O)O)CCCCC1. The van der Waals surface area contributed by atoms with Crippen molar-refractivity contribution in [2.24, 2.45) is 0 Å². The Kier molecular flexibility index (Phi) is 3.05. The Bertz CT molecular complexity index is 155. The molecular formula is C8H14O4. The van der Waals surface area contributed by atoms with Crippen molar-refractivity contribution < 1.29 is 19.7 Å². The topological polar surface area (TPSA) is 55.8 Å². The number of hydrogen-bond acceptors (Lipinski definition) is 3. The van der Waals surface area contributed by atoms with E-state index in [0.29, 0.717) is 12.8 Å². The van der Waals surface area contributed by atoms with Crippen molar-refractivity contribution in [2.45, 2.75) is 37.7 Å². The van der Waals surface area contributed by atoms with Gasteiger partial charge in [0.05, 0.1) is 7.11 Å². The van der Waals surface area contributed by atoms with E-state index < -0.39 is 11.6 Å². The van der Waals surface area contributed by atoms with Gasteiger partial charge in [0.15, 0.2) is 5.60 Å². The molecule has 1 N–H and O–H groups in total. The second-order valence-corrected chi connectivity index (χ2v) is 3.11. The molecule has 1 aliphatic rings. The average molecular weight is 174 g/mol. The first-order valence-corrected chi connectivity index (χ1v) is 4.16. The van der Waals surface area contributed by atoms with Crippen molar-refractivity contribution in [3.63, 3.8) is 0 Å². The molecule has 0 spiro atoms. The van der Waals surface area contributed by atoms with Gasteiger partial charge >= 0.3 is 5.97 Å². The van der Waals surface area contributed by atoms with Crippen LogP contribution in [0.5, 0.6) is 0 Å². The molecule has 0 amide bonds. The molecule has 0 atom stereocenters. The van der Waals surface area contributed by atoms with Crippen molar-refractivity contribution in [3.05, 3.63) is 0 Å². The molecule has 1 fully saturated rings. The van der Waals surface area contributed by atoms with E-state index in [1.54, 1.807) is 0 Å². The minimum Gasteiger partial charge on any atom is -0.479 e. The molecule has 0 saturated heterocycles. The summed E-state index contributed by atoms with van der Waals surface area (Å²) in [6.45, 7) is 0. The van der Waals surface area contributed by atoms with Gasteiger partial charge in [0.1, 0.15) is 0 Å². The lowest BCUT2D eigenvalue weighted by Crippen LogP contribution is -2.43. The van der Waals surface area contributed by atoms with E-state index in [1.165, 1.54) is 7.11 Å².